The SMILES string of the molecule is CCC(CC)n1nnc(C(=O)O)c1C(F)(F)F. The molecular formula is C9H12F3N3O2. The van der Waals surface area contributed by atoms with E-state index in [9.17, 15) is 18.0 Å². The molecule has 8 heteroatoms. The van der Waals surface area contributed by atoms with Gasteiger partial charge in [0.05, 0.1) is 6.04 Å². The Bertz CT molecular complexity index is 410. The van der Waals surface area contributed by atoms with E-state index in [1.54, 1.807) is 13.8 Å². The molecule has 1 heterocycles. The lowest BCUT2D eigenvalue weighted by Gasteiger charge is -2.17. The average Bonchev–Trinajstić information content (AvgIpc) is 2.63. The van der Waals surface area contributed by atoms with Gasteiger partial charge in [-0.3, -0.25) is 0 Å². The van der Waals surface area contributed by atoms with E-state index in [0.29, 0.717) is 17.5 Å². The zero-order valence-corrected chi connectivity index (χ0v) is 9.32. The molecule has 0 fully saturated rings. The Morgan fingerprint density at radius 1 is 1.41 bits per heavy atom. The van der Waals surface area contributed by atoms with Crippen LogP contribution in [0.1, 0.15) is 48.9 Å². The summed E-state index contributed by atoms with van der Waals surface area (Å²) in [5, 5.41) is 15.1. The van der Waals surface area contributed by atoms with Gasteiger partial charge in [0.15, 0.2) is 5.69 Å². The van der Waals surface area contributed by atoms with Gasteiger partial charge in [-0.15, -0.1) is 5.10 Å². The molecule has 1 aromatic heterocycles. The molecule has 0 radical (unpaired) electrons. The number of hydrogen-bond donors (Lipinski definition) is 1. The summed E-state index contributed by atoms with van der Waals surface area (Å²) in [6.07, 6.45) is -3.94. The van der Waals surface area contributed by atoms with Crippen molar-refractivity contribution in [3.05, 3.63) is 11.4 Å². The molecule has 1 N–H and O–H groups in total. The fraction of sp³-hybridized carbons (Fsp3) is 0.667. The third kappa shape index (κ3) is 2.56. The van der Waals surface area contributed by atoms with E-state index >= 15 is 0 Å². The van der Waals surface area contributed by atoms with Crippen molar-refractivity contribution in [2.45, 2.75) is 38.9 Å². The van der Waals surface area contributed by atoms with Gasteiger partial charge in [0.2, 0.25) is 5.69 Å². The molecule has 0 aliphatic heterocycles. The smallest absolute Gasteiger partial charge is 0.435 e. The molecule has 0 atom stereocenters. The first-order chi connectivity index (χ1) is 7.82. The van der Waals surface area contributed by atoms with Crippen molar-refractivity contribution in [1.29, 1.82) is 0 Å². The van der Waals surface area contributed by atoms with Crippen molar-refractivity contribution in [2.24, 2.45) is 0 Å². The average molecular weight is 251 g/mol. The molecule has 1 rings (SSSR count). The highest BCUT2D eigenvalue weighted by atomic mass is 19.4. The quantitative estimate of drug-likeness (QED) is 0.891. The highest BCUT2D eigenvalue weighted by molar-refractivity contribution is 5.86. The fourth-order valence-corrected chi connectivity index (χ4v) is 1.59. The Morgan fingerprint density at radius 3 is 2.29 bits per heavy atom. The van der Waals surface area contributed by atoms with Crippen LogP contribution in [0.15, 0.2) is 0 Å². The van der Waals surface area contributed by atoms with Crippen molar-refractivity contribution in [2.75, 3.05) is 0 Å². The molecule has 0 saturated carbocycles. The maximum Gasteiger partial charge on any atom is 0.435 e. The molecule has 0 saturated heterocycles. The number of nitrogens with zero attached hydrogens (tertiary/aromatic N) is 3. The number of hydrogen-bond acceptors (Lipinski definition) is 3. The Kier molecular flexibility index (Phi) is 3.74. The second-order valence-corrected chi connectivity index (χ2v) is 3.50. The van der Waals surface area contributed by atoms with Gasteiger partial charge in [0.1, 0.15) is 0 Å². The number of aromatic carboxylic acids is 1. The number of carboxylic acids is 1. The molecule has 0 aliphatic rings. The summed E-state index contributed by atoms with van der Waals surface area (Å²) in [4.78, 5) is 10.7. The van der Waals surface area contributed by atoms with Gasteiger partial charge in [0.25, 0.3) is 0 Å². The minimum Gasteiger partial charge on any atom is -0.476 e. The first-order valence-corrected chi connectivity index (χ1v) is 5.08. The van der Waals surface area contributed by atoms with Crippen molar-refractivity contribution in [1.82, 2.24) is 15.0 Å². The van der Waals surface area contributed by atoms with Crippen LogP contribution < -0.4 is 0 Å². The predicted octanol–water partition coefficient (Wildman–Crippen LogP) is 2.36. The van der Waals surface area contributed by atoms with Crippen LogP contribution in [-0.4, -0.2) is 26.1 Å². The molecule has 0 unspecified atom stereocenters. The molecule has 0 spiro atoms. The normalized spacial score (nSPS) is 12.1. The van der Waals surface area contributed by atoms with Crippen LogP contribution in [0, 0.1) is 0 Å². The van der Waals surface area contributed by atoms with E-state index in [1.165, 1.54) is 0 Å². The van der Waals surface area contributed by atoms with Gasteiger partial charge < -0.3 is 5.11 Å². The Balaban J connectivity index is 3.37. The first kappa shape index (κ1) is 13.5. The van der Waals surface area contributed by atoms with E-state index in [2.05, 4.69) is 10.3 Å². The minimum absolute atomic E-state index is 0.419. The van der Waals surface area contributed by atoms with E-state index in [0.717, 1.165) is 0 Å². The van der Waals surface area contributed by atoms with Crippen LogP contribution in [-0.2, 0) is 6.18 Å². The zero-order chi connectivity index (χ0) is 13.2. The Hall–Kier alpha value is -1.60. The lowest BCUT2D eigenvalue weighted by Crippen LogP contribution is -2.21. The number of carboxylic acid groups (broad SMARTS) is 1. The molecule has 0 aliphatic carbocycles. The minimum atomic E-state index is -4.78. The Morgan fingerprint density at radius 2 is 1.94 bits per heavy atom. The zero-order valence-electron chi connectivity index (χ0n) is 9.32. The molecule has 1 aromatic rings. The summed E-state index contributed by atoms with van der Waals surface area (Å²) in [5.41, 5.74) is -2.34. The third-order valence-electron chi connectivity index (χ3n) is 2.45. The van der Waals surface area contributed by atoms with Crippen LogP contribution in [0.2, 0.25) is 0 Å². The van der Waals surface area contributed by atoms with Crippen LogP contribution >= 0.6 is 0 Å². The predicted molar refractivity (Wildman–Crippen MR) is 51.6 cm³/mol. The van der Waals surface area contributed by atoms with Crippen LogP contribution in [0.5, 0.6) is 0 Å². The summed E-state index contributed by atoms with van der Waals surface area (Å²) >= 11 is 0. The second-order valence-electron chi connectivity index (χ2n) is 3.50. The summed E-state index contributed by atoms with van der Waals surface area (Å²) in [7, 11) is 0. The van der Waals surface area contributed by atoms with Crippen LogP contribution in [0.25, 0.3) is 0 Å². The van der Waals surface area contributed by atoms with Gasteiger partial charge in [0, 0.05) is 0 Å². The van der Waals surface area contributed by atoms with Gasteiger partial charge in [-0.25, -0.2) is 9.48 Å². The molecule has 17 heavy (non-hydrogen) atoms. The molecular weight excluding hydrogens is 239 g/mol. The lowest BCUT2D eigenvalue weighted by atomic mass is 10.1. The molecule has 0 amide bonds. The standard InChI is InChI=1S/C9H12F3N3O2/c1-3-5(4-2)15-7(9(10,11)12)6(8(16)17)13-14-15/h5H,3-4H2,1-2H3,(H,16,17). The van der Waals surface area contributed by atoms with Gasteiger partial charge >= 0.3 is 12.1 Å². The maximum absolute atomic E-state index is 12.8. The van der Waals surface area contributed by atoms with Crippen LogP contribution in [0.3, 0.4) is 0 Å². The summed E-state index contributed by atoms with van der Waals surface area (Å²) in [6.45, 7) is 3.41. The lowest BCUT2D eigenvalue weighted by molar-refractivity contribution is -0.145. The number of halogens is 3. The summed E-state index contributed by atoms with van der Waals surface area (Å²) in [5.74, 6) is -1.73. The van der Waals surface area contributed by atoms with Crippen molar-refractivity contribution < 1.29 is 23.1 Å². The number of rotatable bonds is 4. The van der Waals surface area contributed by atoms with Gasteiger partial charge in [-0.05, 0) is 12.8 Å². The largest absolute Gasteiger partial charge is 0.476 e. The van der Waals surface area contributed by atoms with Gasteiger partial charge in [-0.1, -0.05) is 19.1 Å². The second kappa shape index (κ2) is 4.72. The van der Waals surface area contributed by atoms with Crippen molar-refractivity contribution in [3.8, 4) is 0 Å². The van der Waals surface area contributed by atoms with E-state index < -0.39 is 29.6 Å². The van der Waals surface area contributed by atoms with Gasteiger partial charge in [-0.2, -0.15) is 13.2 Å². The highest BCUT2D eigenvalue weighted by Crippen LogP contribution is 2.33. The monoisotopic (exact) mass is 251 g/mol. The van der Waals surface area contributed by atoms with E-state index in [4.69, 9.17) is 5.11 Å². The third-order valence-corrected chi connectivity index (χ3v) is 2.45. The molecule has 5 nitrogen and oxygen atoms in total. The van der Waals surface area contributed by atoms with E-state index in [1.807, 2.05) is 0 Å². The number of carbonyl (C=O) groups is 1. The maximum atomic E-state index is 12.8. The summed E-state index contributed by atoms with van der Waals surface area (Å²) < 4.78 is 39.0. The molecule has 0 bridgehead atoms. The Labute approximate surface area is 95.2 Å². The number of aromatic nitrogens is 3. The van der Waals surface area contributed by atoms with Crippen LogP contribution in [0.4, 0.5) is 13.2 Å². The summed E-state index contributed by atoms with van der Waals surface area (Å²) in [6, 6.07) is -0.507. The topological polar surface area (TPSA) is 68.0 Å². The van der Waals surface area contributed by atoms with E-state index in [-0.39, 0.29) is 0 Å². The molecule has 96 valence electrons. The highest BCUT2D eigenvalue weighted by Gasteiger charge is 2.42. The van der Waals surface area contributed by atoms with Crippen molar-refractivity contribution >= 4 is 5.97 Å². The fourth-order valence-electron chi connectivity index (χ4n) is 1.59. The molecule has 0 aromatic carbocycles. The van der Waals surface area contributed by atoms with Crippen molar-refractivity contribution in [3.63, 3.8) is 0 Å². The number of alkyl halides is 3. The first-order valence-electron chi connectivity index (χ1n) is 5.08.